The Labute approximate surface area is 170 Å². The lowest BCUT2D eigenvalue weighted by atomic mass is 10.2. The van der Waals surface area contributed by atoms with Gasteiger partial charge < -0.3 is 18.6 Å². The van der Waals surface area contributed by atoms with Gasteiger partial charge in [0.25, 0.3) is 0 Å². The van der Waals surface area contributed by atoms with Gasteiger partial charge in [-0.1, -0.05) is 5.16 Å². The minimum atomic E-state index is 0.0230. The zero-order valence-corrected chi connectivity index (χ0v) is 17.3. The number of nitrogens with zero attached hydrogens (tertiary/aromatic N) is 3. The number of rotatable bonds is 9. The molecule has 0 saturated heterocycles. The van der Waals surface area contributed by atoms with Crippen LogP contribution in [0.5, 0.6) is 5.75 Å². The minimum Gasteiger partial charge on any atom is -0.494 e. The predicted octanol–water partition coefficient (Wildman–Crippen LogP) is 4.41. The van der Waals surface area contributed by atoms with Crippen LogP contribution < -0.4 is 4.74 Å². The van der Waals surface area contributed by atoms with E-state index in [1.807, 2.05) is 64.1 Å². The normalized spacial score (nSPS) is 11.1. The lowest BCUT2D eigenvalue weighted by Gasteiger charge is -2.25. The molecule has 3 aromatic rings. The SMILES string of the molecule is CCOc1ccc(-c2noc(CCC(=O)N(Cc3ccc(C)o3)C(C)C)n2)cc1. The van der Waals surface area contributed by atoms with Crippen molar-refractivity contribution in [3.05, 3.63) is 53.8 Å². The average molecular weight is 397 g/mol. The molecule has 0 atom stereocenters. The lowest BCUT2D eigenvalue weighted by Crippen LogP contribution is -2.36. The summed E-state index contributed by atoms with van der Waals surface area (Å²) in [4.78, 5) is 18.9. The molecule has 154 valence electrons. The van der Waals surface area contributed by atoms with Gasteiger partial charge in [-0.25, -0.2) is 0 Å². The maximum absolute atomic E-state index is 12.7. The van der Waals surface area contributed by atoms with Gasteiger partial charge in [0.05, 0.1) is 13.2 Å². The first-order valence-corrected chi connectivity index (χ1v) is 9.87. The van der Waals surface area contributed by atoms with Crippen LogP contribution in [0, 0.1) is 6.92 Å². The number of benzene rings is 1. The van der Waals surface area contributed by atoms with E-state index in [9.17, 15) is 4.79 Å². The monoisotopic (exact) mass is 397 g/mol. The summed E-state index contributed by atoms with van der Waals surface area (Å²) in [6.45, 7) is 8.88. The van der Waals surface area contributed by atoms with E-state index >= 15 is 0 Å². The molecule has 2 aromatic heterocycles. The van der Waals surface area contributed by atoms with Crippen LogP contribution in [-0.4, -0.2) is 33.6 Å². The first kappa shape index (κ1) is 20.6. The molecule has 1 amide bonds. The second-order valence-corrected chi connectivity index (χ2v) is 7.10. The summed E-state index contributed by atoms with van der Waals surface area (Å²) in [7, 11) is 0. The molecule has 7 heteroatoms. The molecule has 7 nitrogen and oxygen atoms in total. The van der Waals surface area contributed by atoms with Crippen molar-refractivity contribution < 1.29 is 18.5 Å². The van der Waals surface area contributed by atoms with Crippen LogP contribution in [0.2, 0.25) is 0 Å². The van der Waals surface area contributed by atoms with Gasteiger partial charge in [-0.3, -0.25) is 4.79 Å². The van der Waals surface area contributed by atoms with Gasteiger partial charge in [0, 0.05) is 24.4 Å². The maximum Gasteiger partial charge on any atom is 0.227 e. The van der Waals surface area contributed by atoms with Gasteiger partial charge in [0.2, 0.25) is 17.6 Å². The second kappa shape index (κ2) is 9.41. The lowest BCUT2D eigenvalue weighted by molar-refractivity contribution is -0.133. The molecule has 0 unspecified atom stereocenters. The maximum atomic E-state index is 12.7. The highest BCUT2D eigenvalue weighted by molar-refractivity contribution is 5.76. The molecular weight excluding hydrogens is 370 g/mol. The van der Waals surface area contributed by atoms with Crippen molar-refractivity contribution in [3.8, 4) is 17.1 Å². The number of ether oxygens (including phenoxy) is 1. The van der Waals surface area contributed by atoms with E-state index in [2.05, 4.69) is 10.1 Å². The van der Waals surface area contributed by atoms with Gasteiger partial charge >= 0.3 is 0 Å². The number of carbonyl (C=O) groups excluding carboxylic acids is 1. The number of hydrogen-bond acceptors (Lipinski definition) is 6. The Morgan fingerprint density at radius 3 is 2.55 bits per heavy atom. The first-order chi connectivity index (χ1) is 14.0. The molecule has 1 aromatic carbocycles. The predicted molar refractivity (Wildman–Crippen MR) is 108 cm³/mol. The van der Waals surface area contributed by atoms with Crippen LogP contribution in [0.15, 0.2) is 45.3 Å². The van der Waals surface area contributed by atoms with Crippen LogP contribution in [-0.2, 0) is 17.8 Å². The molecule has 0 spiro atoms. The second-order valence-electron chi connectivity index (χ2n) is 7.10. The minimum absolute atomic E-state index is 0.0230. The Morgan fingerprint density at radius 2 is 1.93 bits per heavy atom. The van der Waals surface area contributed by atoms with E-state index in [-0.39, 0.29) is 11.9 Å². The Bertz CT molecular complexity index is 928. The number of aromatic nitrogens is 2. The highest BCUT2D eigenvalue weighted by Crippen LogP contribution is 2.21. The highest BCUT2D eigenvalue weighted by Gasteiger charge is 2.20. The Kier molecular flexibility index (Phi) is 6.69. The van der Waals surface area contributed by atoms with Crippen molar-refractivity contribution in [1.29, 1.82) is 0 Å². The molecule has 0 aliphatic carbocycles. The van der Waals surface area contributed by atoms with Crippen LogP contribution in [0.1, 0.15) is 44.6 Å². The quantitative estimate of drug-likeness (QED) is 0.532. The highest BCUT2D eigenvalue weighted by atomic mass is 16.5. The summed E-state index contributed by atoms with van der Waals surface area (Å²) in [5.41, 5.74) is 0.840. The summed E-state index contributed by atoms with van der Waals surface area (Å²) in [5.74, 6) is 3.38. The first-order valence-electron chi connectivity index (χ1n) is 9.87. The molecule has 0 aliphatic heterocycles. The molecule has 0 fully saturated rings. The Morgan fingerprint density at radius 1 is 1.17 bits per heavy atom. The van der Waals surface area contributed by atoms with E-state index < -0.39 is 0 Å². The third kappa shape index (κ3) is 5.47. The van der Waals surface area contributed by atoms with E-state index in [1.165, 1.54) is 0 Å². The zero-order valence-electron chi connectivity index (χ0n) is 17.3. The fraction of sp³-hybridized carbons (Fsp3) is 0.409. The molecule has 0 saturated carbocycles. The van der Waals surface area contributed by atoms with Gasteiger partial charge in [0.1, 0.15) is 17.3 Å². The molecule has 3 rings (SSSR count). The van der Waals surface area contributed by atoms with Crippen LogP contribution in [0.3, 0.4) is 0 Å². The van der Waals surface area contributed by atoms with Crippen molar-refractivity contribution in [2.45, 2.75) is 53.1 Å². The van der Waals surface area contributed by atoms with Gasteiger partial charge in [0.15, 0.2) is 0 Å². The van der Waals surface area contributed by atoms with Gasteiger partial charge in [-0.15, -0.1) is 0 Å². The van der Waals surface area contributed by atoms with Crippen molar-refractivity contribution in [2.75, 3.05) is 6.61 Å². The van der Waals surface area contributed by atoms with E-state index in [1.54, 1.807) is 4.90 Å². The Balaban J connectivity index is 1.59. The number of hydrogen-bond donors (Lipinski definition) is 0. The fourth-order valence-electron chi connectivity index (χ4n) is 2.99. The van der Waals surface area contributed by atoms with Gasteiger partial charge in [-0.2, -0.15) is 4.98 Å². The summed E-state index contributed by atoms with van der Waals surface area (Å²) >= 11 is 0. The Hall–Kier alpha value is -3.09. The zero-order chi connectivity index (χ0) is 20.8. The molecule has 0 radical (unpaired) electrons. The van der Waals surface area contributed by atoms with Crippen LogP contribution in [0.25, 0.3) is 11.4 Å². The summed E-state index contributed by atoms with van der Waals surface area (Å²) in [5, 5.41) is 4.02. The van der Waals surface area contributed by atoms with Crippen molar-refractivity contribution in [1.82, 2.24) is 15.0 Å². The molecule has 0 N–H and O–H groups in total. The number of amides is 1. The van der Waals surface area contributed by atoms with Crippen molar-refractivity contribution >= 4 is 5.91 Å². The molecule has 29 heavy (non-hydrogen) atoms. The van der Waals surface area contributed by atoms with Crippen LogP contribution >= 0.6 is 0 Å². The van der Waals surface area contributed by atoms with Crippen LogP contribution in [0.4, 0.5) is 0 Å². The third-order valence-corrected chi connectivity index (χ3v) is 4.51. The largest absolute Gasteiger partial charge is 0.494 e. The standard InChI is InChI=1S/C22H27N3O4/c1-5-27-18-10-7-17(8-11-18)22-23-20(29-24-22)12-13-21(26)25(15(2)3)14-19-9-6-16(4)28-19/h6-11,15H,5,12-14H2,1-4H3. The van der Waals surface area contributed by atoms with Crippen molar-refractivity contribution in [2.24, 2.45) is 0 Å². The summed E-state index contributed by atoms with van der Waals surface area (Å²) < 4.78 is 16.4. The molecular formula is C22H27N3O4. The summed E-state index contributed by atoms with van der Waals surface area (Å²) in [6.07, 6.45) is 0.687. The summed E-state index contributed by atoms with van der Waals surface area (Å²) in [6, 6.07) is 11.4. The van der Waals surface area contributed by atoms with Gasteiger partial charge in [-0.05, 0) is 64.1 Å². The number of aryl methyl sites for hydroxylation is 2. The number of furan rings is 1. The van der Waals surface area contributed by atoms with Crippen molar-refractivity contribution in [3.63, 3.8) is 0 Å². The smallest absolute Gasteiger partial charge is 0.227 e. The molecule has 0 aliphatic rings. The topological polar surface area (TPSA) is 81.6 Å². The van der Waals surface area contributed by atoms with E-state index in [4.69, 9.17) is 13.7 Å². The number of carbonyl (C=O) groups is 1. The third-order valence-electron chi connectivity index (χ3n) is 4.51. The fourth-order valence-corrected chi connectivity index (χ4v) is 2.99. The average Bonchev–Trinajstić information content (AvgIpc) is 3.34. The molecule has 0 bridgehead atoms. The molecule has 2 heterocycles. The van der Waals surface area contributed by atoms with E-state index in [0.717, 1.165) is 22.8 Å². The van der Waals surface area contributed by atoms with E-state index in [0.29, 0.717) is 37.7 Å².